The van der Waals surface area contributed by atoms with E-state index in [0.29, 0.717) is 0 Å². The van der Waals surface area contributed by atoms with Crippen LogP contribution in [-0.2, 0) is 0 Å². The Kier molecular flexibility index (Phi) is 3.49. The molecule has 0 aliphatic heterocycles. The summed E-state index contributed by atoms with van der Waals surface area (Å²) in [5, 5.41) is 22.5. The molecule has 1 unspecified atom stereocenters. The fourth-order valence-corrected chi connectivity index (χ4v) is 1.80. The maximum Gasteiger partial charge on any atom is 0.352 e. The largest absolute Gasteiger partial charge is 0.502 e. The van der Waals surface area contributed by atoms with Gasteiger partial charge in [-0.1, -0.05) is 6.08 Å². The van der Waals surface area contributed by atoms with Crippen molar-refractivity contribution in [2.45, 2.75) is 13.0 Å². The molecule has 0 radical (unpaired) electrons. The third kappa shape index (κ3) is 2.36. The minimum absolute atomic E-state index is 0.0132. The summed E-state index contributed by atoms with van der Waals surface area (Å²) in [5.41, 5.74) is -2.04. The number of nitrogens with one attached hydrogen (secondary N) is 1. The maximum atomic E-state index is 12.2. The zero-order chi connectivity index (χ0) is 15.7. The van der Waals surface area contributed by atoms with E-state index in [1.807, 2.05) is 0 Å². The second kappa shape index (κ2) is 5.12. The van der Waals surface area contributed by atoms with Crippen molar-refractivity contribution in [1.29, 1.82) is 0 Å². The van der Waals surface area contributed by atoms with Crippen LogP contribution in [0.4, 0.5) is 5.69 Å². The molecule has 0 bridgehead atoms. The number of aromatic nitrogens is 3. The van der Waals surface area contributed by atoms with Gasteiger partial charge in [0.1, 0.15) is 0 Å². The highest BCUT2D eigenvalue weighted by Crippen LogP contribution is 2.26. The van der Waals surface area contributed by atoms with Crippen molar-refractivity contribution in [1.82, 2.24) is 14.3 Å². The summed E-state index contributed by atoms with van der Waals surface area (Å²) in [6.07, 6.45) is 1.46. The number of allylic oxidation sites excluding steroid dienone is 1. The van der Waals surface area contributed by atoms with Gasteiger partial charge in [-0.05, 0) is 19.1 Å². The molecule has 9 nitrogen and oxygen atoms in total. The van der Waals surface area contributed by atoms with Gasteiger partial charge in [-0.15, -0.1) is 6.58 Å². The van der Waals surface area contributed by atoms with Gasteiger partial charge in [0.25, 0.3) is 0 Å². The Bertz CT molecular complexity index is 829. The molecule has 0 aliphatic carbocycles. The van der Waals surface area contributed by atoms with Crippen LogP contribution >= 0.6 is 0 Å². The first-order chi connectivity index (χ1) is 9.86. The first-order valence-corrected chi connectivity index (χ1v) is 5.90. The molecule has 21 heavy (non-hydrogen) atoms. The molecule has 1 aromatic carbocycles. The SMILES string of the molecule is C=CC(C)n1[nH]c(=O)n(-c2ccc(O)c([N+](=O)[O-])c2)c1=O. The van der Waals surface area contributed by atoms with E-state index in [9.17, 15) is 24.8 Å². The number of H-pyrrole nitrogens is 1. The summed E-state index contributed by atoms with van der Waals surface area (Å²) < 4.78 is 1.79. The Labute approximate surface area is 117 Å². The molecule has 0 amide bonds. The number of phenols is 1. The van der Waals surface area contributed by atoms with Crippen LogP contribution in [0.5, 0.6) is 5.75 Å². The van der Waals surface area contributed by atoms with Gasteiger partial charge in [0.15, 0.2) is 5.75 Å². The number of nitrogens with zero attached hydrogens (tertiary/aromatic N) is 3. The van der Waals surface area contributed by atoms with Gasteiger partial charge in [0.05, 0.1) is 16.7 Å². The number of nitro groups is 1. The average molecular weight is 292 g/mol. The van der Waals surface area contributed by atoms with Crippen molar-refractivity contribution >= 4 is 5.69 Å². The minimum Gasteiger partial charge on any atom is -0.502 e. The van der Waals surface area contributed by atoms with Crippen molar-refractivity contribution in [2.75, 3.05) is 0 Å². The van der Waals surface area contributed by atoms with Gasteiger partial charge in [-0.2, -0.15) is 0 Å². The number of aromatic hydroxyl groups is 1. The molecule has 2 aromatic rings. The third-order valence-electron chi connectivity index (χ3n) is 2.98. The first-order valence-electron chi connectivity index (χ1n) is 5.90. The van der Waals surface area contributed by atoms with E-state index in [-0.39, 0.29) is 5.69 Å². The molecule has 0 spiro atoms. The fraction of sp³-hybridized carbons (Fsp3) is 0.167. The lowest BCUT2D eigenvalue weighted by molar-refractivity contribution is -0.385. The summed E-state index contributed by atoms with van der Waals surface area (Å²) in [4.78, 5) is 34.0. The number of benzene rings is 1. The van der Waals surface area contributed by atoms with Crippen LogP contribution in [0.25, 0.3) is 5.69 Å². The molecular weight excluding hydrogens is 280 g/mol. The third-order valence-corrected chi connectivity index (χ3v) is 2.98. The highest BCUT2D eigenvalue weighted by atomic mass is 16.6. The maximum absolute atomic E-state index is 12.2. The first kappa shape index (κ1) is 14.3. The summed E-state index contributed by atoms with van der Waals surface area (Å²) in [6, 6.07) is 2.79. The number of hydrogen-bond acceptors (Lipinski definition) is 5. The van der Waals surface area contributed by atoms with Gasteiger partial charge >= 0.3 is 17.1 Å². The predicted molar refractivity (Wildman–Crippen MR) is 73.9 cm³/mol. The van der Waals surface area contributed by atoms with E-state index in [2.05, 4.69) is 11.7 Å². The zero-order valence-electron chi connectivity index (χ0n) is 11.0. The molecule has 2 rings (SSSR count). The van der Waals surface area contributed by atoms with Gasteiger partial charge in [0.2, 0.25) is 0 Å². The molecule has 0 saturated carbocycles. The molecule has 9 heteroatoms. The molecule has 2 N–H and O–H groups in total. The molecule has 1 atom stereocenters. The van der Waals surface area contributed by atoms with Crippen molar-refractivity contribution < 1.29 is 10.0 Å². The van der Waals surface area contributed by atoms with Crippen LogP contribution in [0.2, 0.25) is 0 Å². The number of hydrogen-bond donors (Lipinski definition) is 2. The van der Waals surface area contributed by atoms with Crippen LogP contribution in [0.15, 0.2) is 40.4 Å². The Hall–Kier alpha value is -3.10. The van der Waals surface area contributed by atoms with E-state index in [1.54, 1.807) is 6.92 Å². The van der Waals surface area contributed by atoms with Gasteiger partial charge < -0.3 is 5.11 Å². The van der Waals surface area contributed by atoms with Crippen LogP contribution < -0.4 is 11.4 Å². The van der Waals surface area contributed by atoms with Crippen LogP contribution in [0, 0.1) is 10.1 Å². The van der Waals surface area contributed by atoms with Crippen molar-refractivity contribution in [3.8, 4) is 11.4 Å². The van der Waals surface area contributed by atoms with Gasteiger partial charge in [0, 0.05) is 6.07 Å². The second-order valence-electron chi connectivity index (χ2n) is 4.31. The van der Waals surface area contributed by atoms with E-state index >= 15 is 0 Å². The fourth-order valence-electron chi connectivity index (χ4n) is 1.80. The van der Waals surface area contributed by atoms with Crippen LogP contribution in [0.3, 0.4) is 0 Å². The lowest BCUT2D eigenvalue weighted by atomic mass is 10.2. The molecule has 0 fully saturated rings. The predicted octanol–water partition coefficient (Wildman–Crippen LogP) is 0.688. The quantitative estimate of drug-likeness (QED) is 0.487. The lowest BCUT2D eigenvalue weighted by Crippen LogP contribution is -2.28. The molecule has 0 saturated heterocycles. The average Bonchev–Trinajstić information content (AvgIpc) is 2.74. The Morgan fingerprint density at radius 2 is 2.14 bits per heavy atom. The Morgan fingerprint density at radius 3 is 2.71 bits per heavy atom. The van der Waals surface area contributed by atoms with Crippen molar-refractivity contribution in [2.24, 2.45) is 0 Å². The molecular formula is C12H12N4O5. The molecule has 0 aliphatic rings. The lowest BCUT2D eigenvalue weighted by Gasteiger charge is -2.04. The second-order valence-corrected chi connectivity index (χ2v) is 4.31. The summed E-state index contributed by atoms with van der Waals surface area (Å²) in [6.45, 7) is 5.17. The highest BCUT2D eigenvalue weighted by Gasteiger charge is 2.18. The van der Waals surface area contributed by atoms with E-state index in [1.165, 1.54) is 12.1 Å². The minimum atomic E-state index is -0.804. The molecule has 110 valence electrons. The van der Waals surface area contributed by atoms with Crippen molar-refractivity contribution in [3.63, 3.8) is 0 Å². The smallest absolute Gasteiger partial charge is 0.352 e. The van der Waals surface area contributed by atoms with Gasteiger partial charge in [-0.3, -0.25) is 10.1 Å². The Balaban J connectivity index is 2.69. The highest BCUT2D eigenvalue weighted by molar-refractivity contribution is 5.52. The standard InChI is InChI=1S/C12H12N4O5/c1-3-7(2)15-12(19)14(11(18)13-15)8-4-5-10(17)9(6-8)16(20)21/h3-7,17H,1H2,2H3,(H,13,18). The number of nitro benzene ring substituents is 1. The number of aromatic amines is 1. The Morgan fingerprint density at radius 1 is 1.48 bits per heavy atom. The number of phenolic OH excluding ortho intramolecular Hbond substituents is 1. The van der Waals surface area contributed by atoms with Crippen molar-refractivity contribution in [3.05, 3.63) is 61.9 Å². The topological polar surface area (TPSA) is 123 Å². The normalized spacial score (nSPS) is 12.0. The summed E-state index contributed by atoms with van der Waals surface area (Å²) >= 11 is 0. The summed E-state index contributed by atoms with van der Waals surface area (Å²) in [5.74, 6) is -0.549. The number of rotatable bonds is 4. The summed E-state index contributed by atoms with van der Waals surface area (Å²) in [7, 11) is 0. The van der Waals surface area contributed by atoms with Gasteiger partial charge in [-0.25, -0.2) is 23.9 Å². The molecule has 1 heterocycles. The van der Waals surface area contributed by atoms with E-state index in [4.69, 9.17) is 0 Å². The van der Waals surface area contributed by atoms with E-state index < -0.39 is 33.8 Å². The van der Waals surface area contributed by atoms with Crippen LogP contribution in [-0.4, -0.2) is 24.4 Å². The zero-order valence-corrected chi connectivity index (χ0v) is 11.0. The molecule has 1 aromatic heterocycles. The van der Waals surface area contributed by atoms with E-state index in [0.717, 1.165) is 21.4 Å². The monoisotopic (exact) mass is 292 g/mol. The van der Waals surface area contributed by atoms with Crippen LogP contribution in [0.1, 0.15) is 13.0 Å².